The summed E-state index contributed by atoms with van der Waals surface area (Å²) >= 11 is 0. The molecule has 18 heavy (non-hydrogen) atoms. The average Bonchev–Trinajstić information content (AvgIpc) is 2.86. The van der Waals surface area contributed by atoms with Crippen LogP contribution in [0.15, 0.2) is 24.3 Å². The van der Waals surface area contributed by atoms with Gasteiger partial charge in [-0.25, -0.2) is 0 Å². The molecule has 2 aliphatic rings. The molecular formula is C15H20N2O. The molecule has 2 heterocycles. The number of likely N-dealkylation sites (tertiary alicyclic amines) is 1. The smallest absolute Gasteiger partial charge is 0.253 e. The van der Waals surface area contributed by atoms with Crippen molar-refractivity contribution in [3.63, 3.8) is 0 Å². The zero-order valence-electron chi connectivity index (χ0n) is 10.9. The molecule has 1 N–H and O–H groups in total. The highest BCUT2D eigenvalue weighted by molar-refractivity contribution is 5.94. The van der Waals surface area contributed by atoms with Crippen molar-refractivity contribution in [1.29, 1.82) is 0 Å². The van der Waals surface area contributed by atoms with E-state index < -0.39 is 0 Å². The third kappa shape index (κ3) is 1.93. The summed E-state index contributed by atoms with van der Waals surface area (Å²) < 4.78 is 0. The van der Waals surface area contributed by atoms with E-state index in [1.54, 1.807) is 0 Å². The molecule has 1 spiro atoms. The number of carbonyl (C=O) groups excluding carboxylic acids is 1. The number of hydrogen-bond donors (Lipinski definition) is 1. The van der Waals surface area contributed by atoms with Gasteiger partial charge in [0.25, 0.3) is 5.91 Å². The maximum Gasteiger partial charge on any atom is 0.253 e. The van der Waals surface area contributed by atoms with E-state index in [0.717, 1.165) is 38.2 Å². The standard InChI is InChI=1S/C15H20N2O/c1-2-12-3-5-13(6-4-12)14(18)17-10-15(11-17)7-8-16-9-15/h3-6,16H,2,7-11H2,1H3. The van der Waals surface area contributed by atoms with Gasteiger partial charge in [0.05, 0.1) is 0 Å². The number of nitrogens with zero attached hydrogens (tertiary/aromatic N) is 1. The van der Waals surface area contributed by atoms with Gasteiger partial charge in [0, 0.05) is 30.6 Å². The minimum atomic E-state index is 0.190. The van der Waals surface area contributed by atoms with E-state index in [1.807, 2.05) is 17.0 Å². The van der Waals surface area contributed by atoms with E-state index in [2.05, 4.69) is 24.4 Å². The lowest BCUT2D eigenvalue weighted by Gasteiger charge is -2.47. The molecule has 0 aromatic heterocycles. The monoisotopic (exact) mass is 244 g/mol. The Balaban J connectivity index is 1.65. The molecule has 0 saturated carbocycles. The van der Waals surface area contributed by atoms with Crippen molar-refractivity contribution in [3.8, 4) is 0 Å². The van der Waals surface area contributed by atoms with Crippen molar-refractivity contribution in [2.45, 2.75) is 19.8 Å². The van der Waals surface area contributed by atoms with Crippen molar-refractivity contribution < 1.29 is 4.79 Å². The lowest BCUT2D eigenvalue weighted by atomic mass is 9.79. The van der Waals surface area contributed by atoms with Crippen molar-refractivity contribution in [1.82, 2.24) is 10.2 Å². The molecule has 2 fully saturated rings. The van der Waals surface area contributed by atoms with E-state index in [1.165, 1.54) is 12.0 Å². The van der Waals surface area contributed by atoms with Crippen LogP contribution in [-0.4, -0.2) is 37.0 Å². The molecule has 0 aliphatic carbocycles. The summed E-state index contributed by atoms with van der Waals surface area (Å²) in [7, 11) is 0. The fourth-order valence-electron chi connectivity index (χ4n) is 3.04. The maximum absolute atomic E-state index is 12.3. The Morgan fingerprint density at radius 1 is 1.33 bits per heavy atom. The summed E-state index contributed by atoms with van der Waals surface area (Å²) in [5, 5.41) is 3.39. The van der Waals surface area contributed by atoms with E-state index in [-0.39, 0.29) is 5.91 Å². The second-order valence-corrected chi connectivity index (χ2v) is 5.64. The zero-order chi connectivity index (χ0) is 12.6. The summed E-state index contributed by atoms with van der Waals surface area (Å²) in [5.41, 5.74) is 2.50. The molecule has 0 radical (unpaired) electrons. The predicted molar refractivity (Wildman–Crippen MR) is 71.6 cm³/mol. The maximum atomic E-state index is 12.3. The van der Waals surface area contributed by atoms with E-state index in [4.69, 9.17) is 0 Å². The van der Waals surface area contributed by atoms with Crippen LogP contribution in [-0.2, 0) is 6.42 Å². The fourth-order valence-corrected chi connectivity index (χ4v) is 3.04. The third-order valence-corrected chi connectivity index (χ3v) is 4.28. The number of carbonyl (C=O) groups is 1. The highest BCUT2D eigenvalue weighted by Crippen LogP contribution is 2.36. The molecule has 3 nitrogen and oxygen atoms in total. The molecule has 96 valence electrons. The van der Waals surface area contributed by atoms with E-state index >= 15 is 0 Å². The van der Waals surface area contributed by atoms with Gasteiger partial charge in [0.15, 0.2) is 0 Å². The van der Waals surface area contributed by atoms with Crippen LogP contribution >= 0.6 is 0 Å². The summed E-state index contributed by atoms with van der Waals surface area (Å²) in [6.07, 6.45) is 2.23. The minimum Gasteiger partial charge on any atom is -0.337 e. The summed E-state index contributed by atoms with van der Waals surface area (Å²) in [6, 6.07) is 8.03. The SMILES string of the molecule is CCc1ccc(C(=O)N2CC3(CCNC3)C2)cc1. The molecule has 0 bridgehead atoms. The molecular weight excluding hydrogens is 224 g/mol. The van der Waals surface area contributed by atoms with Crippen LogP contribution in [0.4, 0.5) is 0 Å². The second kappa shape index (κ2) is 4.39. The molecule has 2 saturated heterocycles. The Bertz CT molecular complexity index is 438. The first kappa shape index (κ1) is 11.7. The number of amides is 1. The van der Waals surface area contributed by atoms with Gasteiger partial charge in [-0.05, 0) is 37.1 Å². The van der Waals surface area contributed by atoms with Crippen LogP contribution in [0.2, 0.25) is 0 Å². The Morgan fingerprint density at radius 2 is 2.06 bits per heavy atom. The molecule has 1 aromatic carbocycles. The first-order chi connectivity index (χ1) is 8.72. The van der Waals surface area contributed by atoms with Gasteiger partial charge in [0.1, 0.15) is 0 Å². The number of benzene rings is 1. The minimum absolute atomic E-state index is 0.190. The third-order valence-electron chi connectivity index (χ3n) is 4.28. The average molecular weight is 244 g/mol. The van der Waals surface area contributed by atoms with E-state index in [0.29, 0.717) is 5.41 Å². The zero-order valence-corrected chi connectivity index (χ0v) is 10.9. The Labute approximate surface area is 108 Å². The van der Waals surface area contributed by atoms with Crippen molar-refractivity contribution >= 4 is 5.91 Å². The Kier molecular flexibility index (Phi) is 2.86. The van der Waals surface area contributed by atoms with E-state index in [9.17, 15) is 4.79 Å². The molecule has 3 heteroatoms. The number of nitrogens with one attached hydrogen (secondary N) is 1. The first-order valence-electron chi connectivity index (χ1n) is 6.81. The van der Waals surface area contributed by atoms with Crippen LogP contribution in [0.25, 0.3) is 0 Å². The van der Waals surface area contributed by atoms with Gasteiger partial charge in [-0.3, -0.25) is 4.79 Å². The first-order valence-corrected chi connectivity index (χ1v) is 6.81. The number of hydrogen-bond acceptors (Lipinski definition) is 2. The molecule has 2 aliphatic heterocycles. The Hall–Kier alpha value is -1.35. The predicted octanol–water partition coefficient (Wildman–Crippen LogP) is 1.68. The van der Waals surface area contributed by atoms with Gasteiger partial charge in [-0.2, -0.15) is 0 Å². The van der Waals surface area contributed by atoms with Gasteiger partial charge in [0.2, 0.25) is 0 Å². The van der Waals surface area contributed by atoms with Crippen molar-refractivity contribution in [2.24, 2.45) is 5.41 Å². The highest BCUT2D eigenvalue weighted by Gasteiger charge is 2.46. The molecule has 1 aromatic rings. The van der Waals surface area contributed by atoms with Gasteiger partial charge >= 0.3 is 0 Å². The lowest BCUT2D eigenvalue weighted by molar-refractivity contribution is 0.0159. The van der Waals surface area contributed by atoms with Gasteiger partial charge in [-0.1, -0.05) is 19.1 Å². The number of rotatable bonds is 2. The highest BCUT2D eigenvalue weighted by atomic mass is 16.2. The Morgan fingerprint density at radius 3 is 2.61 bits per heavy atom. The van der Waals surface area contributed by atoms with Crippen LogP contribution in [0, 0.1) is 5.41 Å². The van der Waals surface area contributed by atoms with Crippen molar-refractivity contribution in [3.05, 3.63) is 35.4 Å². The quantitative estimate of drug-likeness (QED) is 0.858. The summed E-state index contributed by atoms with van der Waals surface area (Å²) in [5.74, 6) is 0.190. The summed E-state index contributed by atoms with van der Waals surface area (Å²) in [4.78, 5) is 14.3. The van der Waals surface area contributed by atoms with Crippen LogP contribution in [0.5, 0.6) is 0 Å². The normalized spacial score (nSPS) is 21.1. The van der Waals surface area contributed by atoms with Crippen LogP contribution in [0.1, 0.15) is 29.3 Å². The molecule has 1 amide bonds. The lowest BCUT2D eigenvalue weighted by Crippen LogP contribution is -2.59. The topological polar surface area (TPSA) is 32.3 Å². The fraction of sp³-hybridized carbons (Fsp3) is 0.533. The number of aryl methyl sites for hydroxylation is 1. The molecule has 0 unspecified atom stereocenters. The largest absolute Gasteiger partial charge is 0.337 e. The van der Waals surface area contributed by atoms with Crippen LogP contribution in [0.3, 0.4) is 0 Å². The van der Waals surface area contributed by atoms with Gasteiger partial charge in [-0.15, -0.1) is 0 Å². The van der Waals surface area contributed by atoms with Crippen molar-refractivity contribution in [2.75, 3.05) is 26.2 Å². The summed E-state index contributed by atoms with van der Waals surface area (Å²) in [6.45, 7) is 6.16. The van der Waals surface area contributed by atoms with Gasteiger partial charge < -0.3 is 10.2 Å². The molecule has 0 atom stereocenters. The van der Waals surface area contributed by atoms with Crippen LogP contribution < -0.4 is 5.32 Å². The second-order valence-electron chi connectivity index (χ2n) is 5.64. The molecule has 3 rings (SSSR count).